The monoisotopic (exact) mass is 476 g/mol. The van der Waals surface area contributed by atoms with Crippen LogP contribution in [0.5, 0.6) is 0 Å². The first-order valence-electron chi connectivity index (χ1n) is 21.8. The second-order valence-electron chi connectivity index (χ2n) is 8.00. The van der Waals surface area contributed by atoms with Crippen molar-refractivity contribution in [2.24, 2.45) is 0 Å². The molecule has 0 atom stereocenters. The molecule has 0 unspecified atom stereocenters. The maximum Gasteiger partial charge on any atom is 0.0636 e. The molecule has 0 aliphatic rings. The highest BCUT2D eigenvalue weighted by Crippen LogP contribution is 2.43. The Bertz CT molecular complexity index is 3350. The van der Waals surface area contributed by atoms with E-state index in [-0.39, 0.29) is 0 Å². The first-order valence-corrected chi connectivity index (χ1v) is 10.8. The zero-order valence-corrected chi connectivity index (χ0v) is 18.0. The minimum atomic E-state index is -0.911. The third kappa shape index (κ3) is 2.76. The van der Waals surface area contributed by atoms with Crippen molar-refractivity contribution in [2.75, 3.05) is 0 Å². The number of hydrogen-bond donors (Lipinski definition) is 0. The SMILES string of the molecule is [2H]c1c([2H])c([2H])c2c([2H])c3c(c([2H])c([2H])c4c([2H])c([2H])c([2H])c(-c5c6c([2H])c([2H])c([2H])c([2H])c6c([2H])c6c5c([2H])c([2H])c5c([2H])c([2H])c([2H])c([2H])c56)c43)c([2H])c2c1[2H]. The second-order valence-corrected chi connectivity index (χ2v) is 8.00. The summed E-state index contributed by atoms with van der Waals surface area (Å²) in [5, 5.41) is -6.39. The average Bonchev–Trinajstić information content (AvgIpc) is 3.18. The fourth-order valence-electron chi connectivity index (χ4n) is 4.53. The van der Waals surface area contributed by atoms with Crippen molar-refractivity contribution in [1.82, 2.24) is 0 Å². The predicted octanol–water partition coefficient (Wildman–Crippen LogP) is 10.3. The highest BCUT2D eigenvalue weighted by molar-refractivity contribution is 6.25. The summed E-state index contributed by atoms with van der Waals surface area (Å²) in [6, 6.07) is -17.7. The molecular formula is C36H22. The van der Waals surface area contributed by atoms with Gasteiger partial charge in [0.25, 0.3) is 0 Å². The summed E-state index contributed by atoms with van der Waals surface area (Å²) >= 11 is 0. The van der Waals surface area contributed by atoms with E-state index in [1.807, 2.05) is 0 Å². The topological polar surface area (TPSA) is 0 Å². The van der Waals surface area contributed by atoms with Crippen LogP contribution in [0.4, 0.5) is 0 Å². The fourth-order valence-corrected chi connectivity index (χ4v) is 4.53. The highest BCUT2D eigenvalue weighted by atomic mass is 14.2. The Morgan fingerprint density at radius 1 is 0.333 bits per heavy atom. The summed E-state index contributed by atoms with van der Waals surface area (Å²) in [5.74, 6) is 0. The molecule has 0 aliphatic heterocycles. The van der Waals surface area contributed by atoms with Crippen LogP contribution in [-0.4, -0.2) is 0 Å². The number of rotatable bonds is 1. The summed E-state index contributed by atoms with van der Waals surface area (Å²) in [6.07, 6.45) is 0. The Kier molecular flexibility index (Phi) is 1.63. The molecule has 8 rings (SSSR count). The van der Waals surface area contributed by atoms with Crippen LogP contribution in [0.1, 0.15) is 30.2 Å². The van der Waals surface area contributed by atoms with Gasteiger partial charge >= 0.3 is 0 Å². The molecule has 166 valence electrons. The number of benzene rings is 8. The van der Waals surface area contributed by atoms with Gasteiger partial charge in [-0.2, -0.15) is 0 Å². The summed E-state index contributed by atoms with van der Waals surface area (Å²) < 4.78 is 195. The van der Waals surface area contributed by atoms with Gasteiger partial charge in [0.1, 0.15) is 0 Å². The van der Waals surface area contributed by atoms with Crippen molar-refractivity contribution < 1.29 is 30.2 Å². The standard InChI is InChI=1S/C36H22/c1-2-10-26-21-33-28(20-25(26)9-1)17-16-24-12-7-15-32(35(24)33)36-30-14-6-4-11-27(30)22-34-29-13-5-3-8-23(29)18-19-31(34)36/h1-22H/i1D,2D,3D,4D,5D,6D,7D,8D,9D,10D,11D,12D,13D,14D,15D,16D,17D,18D,19D,20D,21D,22D. The molecule has 0 saturated carbocycles. The average molecular weight is 477 g/mol. The summed E-state index contributed by atoms with van der Waals surface area (Å²) in [7, 11) is 0. The molecule has 8 aromatic carbocycles. The molecule has 0 radical (unpaired) electrons. The lowest BCUT2D eigenvalue weighted by Crippen LogP contribution is -1.89. The van der Waals surface area contributed by atoms with Gasteiger partial charge in [0.2, 0.25) is 0 Å². The summed E-state index contributed by atoms with van der Waals surface area (Å²) in [5.41, 5.74) is -1.21. The number of hydrogen-bond acceptors (Lipinski definition) is 0. The van der Waals surface area contributed by atoms with E-state index in [0.29, 0.717) is 0 Å². The van der Waals surface area contributed by atoms with Crippen LogP contribution >= 0.6 is 0 Å². The van der Waals surface area contributed by atoms with Crippen molar-refractivity contribution in [3.05, 3.63) is 133 Å². The quantitative estimate of drug-likeness (QED) is 0.163. The minimum Gasteiger partial charge on any atom is -0.0616 e. The largest absolute Gasteiger partial charge is 0.0636 e. The van der Waals surface area contributed by atoms with Crippen LogP contribution in [0.3, 0.4) is 0 Å². The van der Waals surface area contributed by atoms with Gasteiger partial charge in [0.05, 0.1) is 30.2 Å². The van der Waals surface area contributed by atoms with Gasteiger partial charge < -0.3 is 0 Å². The first kappa shape index (κ1) is 7.91. The van der Waals surface area contributed by atoms with Crippen molar-refractivity contribution in [3.8, 4) is 11.1 Å². The second kappa shape index (κ2) is 7.41. The molecule has 0 aromatic heterocycles. The fraction of sp³-hybridized carbons (Fsp3) is 0. The van der Waals surface area contributed by atoms with Gasteiger partial charge in [-0.1, -0.05) is 115 Å². The van der Waals surface area contributed by atoms with Gasteiger partial charge in [-0.25, -0.2) is 0 Å². The Balaban J connectivity index is 1.87. The third-order valence-electron chi connectivity index (χ3n) is 6.06. The third-order valence-corrected chi connectivity index (χ3v) is 6.06. The van der Waals surface area contributed by atoms with Crippen molar-refractivity contribution >= 4 is 64.6 Å². The van der Waals surface area contributed by atoms with E-state index in [2.05, 4.69) is 0 Å². The lowest BCUT2D eigenvalue weighted by Gasteiger charge is -2.17. The van der Waals surface area contributed by atoms with Crippen molar-refractivity contribution in [3.63, 3.8) is 0 Å². The highest BCUT2D eigenvalue weighted by Gasteiger charge is 2.16. The van der Waals surface area contributed by atoms with E-state index >= 15 is 0 Å². The molecule has 8 aromatic rings. The predicted molar refractivity (Wildman–Crippen MR) is 157 cm³/mol. The van der Waals surface area contributed by atoms with Crippen molar-refractivity contribution in [2.45, 2.75) is 0 Å². The van der Waals surface area contributed by atoms with Gasteiger partial charge in [-0.05, 0) is 93.9 Å². The zero-order valence-electron chi connectivity index (χ0n) is 40.0. The van der Waals surface area contributed by atoms with Gasteiger partial charge in [0, 0.05) is 0 Å². The first-order chi connectivity index (χ1) is 27.0. The molecule has 36 heavy (non-hydrogen) atoms. The van der Waals surface area contributed by atoms with Crippen LogP contribution in [-0.2, 0) is 0 Å². The number of fused-ring (bicyclic) bond motifs is 8. The summed E-state index contributed by atoms with van der Waals surface area (Å²) in [4.78, 5) is 0. The molecule has 0 aliphatic carbocycles. The van der Waals surface area contributed by atoms with E-state index in [4.69, 9.17) is 23.3 Å². The van der Waals surface area contributed by atoms with Gasteiger partial charge in [-0.15, -0.1) is 0 Å². The minimum absolute atomic E-state index is 0.483. The van der Waals surface area contributed by atoms with Crippen LogP contribution in [0, 0.1) is 0 Å². The smallest absolute Gasteiger partial charge is 0.0616 e. The van der Waals surface area contributed by atoms with E-state index in [1.165, 1.54) is 0 Å². The molecule has 0 amide bonds. The van der Waals surface area contributed by atoms with Crippen LogP contribution in [0.15, 0.2) is 133 Å². The van der Waals surface area contributed by atoms with Crippen LogP contribution in [0.2, 0.25) is 0 Å². The maximum absolute atomic E-state index is 9.47. The van der Waals surface area contributed by atoms with E-state index in [9.17, 15) is 6.85 Å². The molecular weight excluding hydrogens is 432 g/mol. The molecule has 0 heteroatoms. The van der Waals surface area contributed by atoms with Gasteiger partial charge in [0.15, 0.2) is 0 Å². The normalized spacial score (nSPS) is 20.4. The van der Waals surface area contributed by atoms with Crippen LogP contribution in [0.25, 0.3) is 75.8 Å². The Morgan fingerprint density at radius 3 is 1.78 bits per heavy atom. The summed E-state index contributed by atoms with van der Waals surface area (Å²) in [6.45, 7) is 0. The lowest BCUT2D eigenvalue weighted by molar-refractivity contribution is 1.73. The molecule has 0 nitrogen and oxygen atoms in total. The Morgan fingerprint density at radius 2 is 0.917 bits per heavy atom. The van der Waals surface area contributed by atoms with E-state index in [1.54, 1.807) is 0 Å². The zero-order chi connectivity index (χ0) is 42.8. The molecule has 0 fully saturated rings. The molecule has 0 heterocycles. The van der Waals surface area contributed by atoms with Crippen LogP contribution < -0.4 is 0 Å². The molecule has 0 N–H and O–H groups in total. The van der Waals surface area contributed by atoms with E-state index < -0.39 is 209 Å². The Hall–Kier alpha value is -4.68. The van der Waals surface area contributed by atoms with E-state index in [0.717, 1.165) is 0 Å². The lowest BCUT2D eigenvalue weighted by atomic mass is 9.86. The Labute approximate surface area is 239 Å². The van der Waals surface area contributed by atoms with Crippen molar-refractivity contribution in [1.29, 1.82) is 0 Å². The maximum atomic E-state index is 9.47. The van der Waals surface area contributed by atoms with Gasteiger partial charge in [-0.3, -0.25) is 0 Å². The molecule has 0 spiro atoms. The molecule has 0 saturated heterocycles. The molecule has 0 bridgehead atoms.